The van der Waals surface area contributed by atoms with Crippen LogP contribution in [-0.2, 0) is 0 Å². The van der Waals surface area contributed by atoms with Crippen LogP contribution in [0.1, 0.15) is 40.9 Å². The Morgan fingerprint density at radius 3 is 2.74 bits per heavy atom. The van der Waals surface area contributed by atoms with Crippen LogP contribution in [0.4, 0.5) is 13.2 Å². The molecule has 1 amide bonds. The van der Waals surface area contributed by atoms with E-state index in [9.17, 15) is 22.8 Å². The summed E-state index contributed by atoms with van der Waals surface area (Å²) in [5.41, 5.74) is 1.66. The molecule has 39 heavy (non-hydrogen) atoms. The van der Waals surface area contributed by atoms with Gasteiger partial charge in [0.05, 0.1) is 18.9 Å². The molecule has 9 nitrogen and oxygen atoms in total. The average molecular weight is 555 g/mol. The number of hydrogen-bond donors (Lipinski definition) is 2. The Morgan fingerprint density at radius 1 is 1.23 bits per heavy atom. The second kappa shape index (κ2) is 10.8. The molecule has 200 valence electrons. The Labute approximate surface area is 224 Å². The van der Waals surface area contributed by atoms with E-state index in [0.717, 1.165) is 29.7 Å². The molecule has 3 aromatic heterocycles. The summed E-state index contributed by atoms with van der Waals surface area (Å²) in [6, 6.07) is 3.81. The molecule has 5 rings (SSSR count). The third-order valence-electron chi connectivity index (χ3n) is 5.96. The van der Waals surface area contributed by atoms with Gasteiger partial charge in [-0.2, -0.15) is 5.10 Å². The zero-order valence-electron chi connectivity index (χ0n) is 20.7. The van der Waals surface area contributed by atoms with Crippen molar-refractivity contribution in [3.8, 4) is 34.5 Å². The van der Waals surface area contributed by atoms with Crippen LogP contribution in [0.5, 0.6) is 5.75 Å². The Balaban J connectivity index is 1.55. The molecule has 1 unspecified atom stereocenters. The van der Waals surface area contributed by atoms with Crippen LogP contribution >= 0.6 is 11.8 Å². The molecular weight excluding hydrogens is 533 g/mol. The monoisotopic (exact) mass is 554 g/mol. The number of hydrazone groups is 1. The van der Waals surface area contributed by atoms with Gasteiger partial charge in [0.25, 0.3) is 17.9 Å². The van der Waals surface area contributed by atoms with E-state index in [2.05, 4.69) is 37.7 Å². The lowest BCUT2D eigenvalue weighted by Gasteiger charge is -2.16. The third kappa shape index (κ3) is 5.61. The van der Waals surface area contributed by atoms with Crippen molar-refractivity contribution in [3.05, 3.63) is 69.8 Å². The number of nitrogens with zero attached hydrogens (tertiary/aromatic N) is 4. The molecule has 0 spiro atoms. The van der Waals surface area contributed by atoms with Crippen LogP contribution in [0.3, 0.4) is 0 Å². The van der Waals surface area contributed by atoms with Gasteiger partial charge >= 0.3 is 0 Å². The van der Waals surface area contributed by atoms with E-state index < -0.39 is 29.4 Å². The van der Waals surface area contributed by atoms with Crippen LogP contribution in [-0.4, -0.2) is 38.1 Å². The number of alkyl halides is 2. The number of aromatic nitrogens is 3. The summed E-state index contributed by atoms with van der Waals surface area (Å²) < 4.78 is 47.7. The summed E-state index contributed by atoms with van der Waals surface area (Å²) in [4.78, 5) is 33.9. The number of hydrogen-bond acceptors (Lipinski definition) is 8. The van der Waals surface area contributed by atoms with Gasteiger partial charge in [0.1, 0.15) is 17.3 Å². The fourth-order valence-corrected chi connectivity index (χ4v) is 4.41. The Kier molecular flexibility index (Phi) is 7.30. The molecule has 0 saturated heterocycles. The van der Waals surface area contributed by atoms with Crippen LogP contribution in [0.15, 0.2) is 46.7 Å². The molecular formula is C26H21F3N6O3S. The van der Waals surface area contributed by atoms with Crippen molar-refractivity contribution >= 4 is 22.8 Å². The van der Waals surface area contributed by atoms with Gasteiger partial charge in [-0.1, -0.05) is 11.8 Å². The average Bonchev–Trinajstić information content (AvgIpc) is 3.67. The van der Waals surface area contributed by atoms with E-state index in [0.29, 0.717) is 5.92 Å². The highest BCUT2D eigenvalue weighted by molar-refractivity contribution is 8.14. The summed E-state index contributed by atoms with van der Waals surface area (Å²) in [6.45, 7) is 1.45. The molecule has 0 aromatic carbocycles. The first-order chi connectivity index (χ1) is 18.7. The first kappa shape index (κ1) is 26.3. The number of ether oxygens (including phenoxy) is 1. The van der Waals surface area contributed by atoms with Gasteiger partial charge < -0.3 is 4.74 Å². The van der Waals surface area contributed by atoms with Crippen molar-refractivity contribution in [3.63, 3.8) is 0 Å². The number of nitrogens with one attached hydrogen (secondary N) is 2. The van der Waals surface area contributed by atoms with E-state index in [1.54, 1.807) is 0 Å². The van der Waals surface area contributed by atoms with Crippen molar-refractivity contribution in [2.24, 2.45) is 11.0 Å². The lowest BCUT2D eigenvalue weighted by molar-refractivity contribution is 0.0978. The number of amidine groups is 1. The van der Waals surface area contributed by atoms with E-state index in [4.69, 9.17) is 4.74 Å². The fourth-order valence-electron chi connectivity index (χ4n) is 3.70. The second-order valence-electron chi connectivity index (χ2n) is 8.75. The number of carbonyl (C=O) groups excluding carboxylic acids is 1. The summed E-state index contributed by atoms with van der Waals surface area (Å²) in [5.74, 6) is 5.04. The minimum Gasteiger partial charge on any atom is -0.494 e. The summed E-state index contributed by atoms with van der Waals surface area (Å²) in [6.07, 6.45) is 2.87. The number of rotatable bonds is 5. The van der Waals surface area contributed by atoms with E-state index in [1.807, 2.05) is 0 Å². The SMILES string of the molecule is COc1cnc(C(F)F)cc1-c1cc(-n2ccc(C)c(F)c2=O)ncc1C(=O)NC1=NNC(C#CC2CC2)S1. The minimum atomic E-state index is -2.90. The van der Waals surface area contributed by atoms with Crippen molar-refractivity contribution in [2.45, 2.75) is 31.6 Å². The van der Waals surface area contributed by atoms with E-state index in [-0.39, 0.29) is 44.4 Å². The smallest absolute Gasteiger partial charge is 0.292 e. The van der Waals surface area contributed by atoms with Gasteiger partial charge in [-0.05, 0) is 55.3 Å². The van der Waals surface area contributed by atoms with E-state index in [1.165, 1.54) is 50.3 Å². The molecule has 2 N–H and O–H groups in total. The normalized spacial score (nSPS) is 16.3. The van der Waals surface area contributed by atoms with Gasteiger partial charge in [-0.3, -0.25) is 29.9 Å². The molecule has 1 aliphatic carbocycles. The van der Waals surface area contributed by atoms with Gasteiger partial charge in [0.2, 0.25) is 0 Å². The van der Waals surface area contributed by atoms with Gasteiger partial charge in [-0.25, -0.2) is 18.2 Å². The van der Waals surface area contributed by atoms with E-state index >= 15 is 0 Å². The maximum Gasteiger partial charge on any atom is 0.292 e. The predicted molar refractivity (Wildman–Crippen MR) is 139 cm³/mol. The highest BCUT2D eigenvalue weighted by Crippen LogP contribution is 2.35. The number of aryl methyl sites for hydroxylation is 1. The third-order valence-corrected chi connectivity index (χ3v) is 6.83. The van der Waals surface area contributed by atoms with Crippen molar-refractivity contribution in [2.75, 3.05) is 7.11 Å². The van der Waals surface area contributed by atoms with Crippen LogP contribution in [0, 0.1) is 30.5 Å². The molecule has 0 bridgehead atoms. The number of carbonyl (C=O) groups is 1. The maximum absolute atomic E-state index is 14.4. The summed E-state index contributed by atoms with van der Waals surface area (Å²) in [7, 11) is 1.32. The highest BCUT2D eigenvalue weighted by atomic mass is 32.2. The molecule has 2 aliphatic rings. The van der Waals surface area contributed by atoms with Crippen molar-refractivity contribution in [1.29, 1.82) is 0 Å². The van der Waals surface area contributed by atoms with Crippen molar-refractivity contribution < 1.29 is 22.7 Å². The quantitative estimate of drug-likeness (QED) is 0.462. The molecule has 1 aliphatic heterocycles. The van der Waals surface area contributed by atoms with Crippen molar-refractivity contribution in [1.82, 2.24) is 25.3 Å². The van der Waals surface area contributed by atoms with Crippen LogP contribution in [0.2, 0.25) is 0 Å². The molecule has 3 aromatic rings. The van der Waals surface area contributed by atoms with Gasteiger partial charge in [0.15, 0.2) is 16.4 Å². The highest BCUT2D eigenvalue weighted by Gasteiger charge is 2.25. The number of halogens is 3. The number of thioether (sulfide) groups is 1. The standard InChI is InChI=1S/C26H21F3N6O3S/c1-13-7-8-35(25(37)22(13)27)20-10-15(16-9-18(23(28)29)30-12-19(16)38-2)17(11-31-20)24(36)32-26-34-33-21(39-26)6-5-14-3-4-14/h7-12,14,21,23,33H,3-4H2,1-2H3,(H,32,34,36). The molecule has 1 atom stereocenters. The minimum absolute atomic E-state index is 0.0279. The summed E-state index contributed by atoms with van der Waals surface area (Å²) >= 11 is 1.22. The molecule has 13 heteroatoms. The zero-order chi connectivity index (χ0) is 27.7. The fraction of sp³-hybridized carbons (Fsp3) is 0.269. The zero-order valence-corrected chi connectivity index (χ0v) is 21.5. The maximum atomic E-state index is 14.4. The van der Waals surface area contributed by atoms with Crippen LogP contribution in [0.25, 0.3) is 16.9 Å². The van der Waals surface area contributed by atoms with Gasteiger partial charge in [0, 0.05) is 29.4 Å². The molecule has 4 heterocycles. The molecule has 1 fully saturated rings. The second-order valence-corrected chi connectivity index (χ2v) is 9.84. The molecule has 0 radical (unpaired) electrons. The Hall–Kier alpha value is -4.31. The summed E-state index contributed by atoms with van der Waals surface area (Å²) in [5, 5.41) is 6.71. The van der Waals surface area contributed by atoms with Gasteiger partial charge in [-0.15, -0.1) is 0 Å². The first-order valence-electron chi connectivity index (χ1n) is 11.8. The lowest BCUT2D eigenvalue weighted by Crippen LogP contribution is -2.29. The topological polar surface area (TPSA) is 111 Å². The lowest BCUT2D eigenvalue weighted by atomic mass is 10.00. The van der Waals surface area contributed by atoms with Crippen LogP contribution < -0.4 is 21.0 Å². The largest absolute Gasteiger partial charge is 0.494 e. The first-order valence-corrected chi connectivity index (χ1v) is 12.7. The predicted octanol–water partition coefficient (Wildman–Crippen LogP) is 3.76. The Morgan fingerprint density at radius 2 is 2.03 bits per heavy atom. The molecule has 1 saturated carbocycles. The number of pyridine rings is 3. The number of amides is 1. The Bertz CT molecular complexity index is 1610. The number of methoxy groups -OCH3 is 1.